The van der Waals surface area contributed by atoms with Gasteiger partial charge in [-0.25, -0.2) is 4.90 Å². The zero-order valence-corrected chi connectivity index (χ0v) is 18.4. The molecule has 4 rings (SSSR count). The lowest BCUT2D eigenvalue weighted by Gasteiger charge is -2.16. The van der Waals surface area contributed by atoms with Crippen LogP contribution < -0.4 is 4.90 Å². The molecule has 2 aromatic carbocycles. The van der Waals surface area contributed by atoms with E-state index in [1.807, 2.05) is 24.3 Å². The molecule has 0 aliphatic carbocycles. The minimum absolute atomic E-state index is 0.0326. The van der Waals surface area contributed by atoms with Gasteiger partial charge in [0.15, 0.2) is 0 Å². The Bertz CT molecular complexity index is 1220. The summed E-state index contributed by atoms with van der Waals surface area (Å²) >= 11 is 9.58. The zero-order chi connectivity index (χ0) is 22.3. The van der Waals surface area contributed by atoms with Gasteiger partial charge in [-0.1, -0.05) is 39.7 Å². The van der Waals surface area contributed by atoms with Crippen LogP contribution in [0.1, 0.15) is 11.3 Å². The van der Waals surface area contributed by atoms with Gasteiger partial charge in [0.05, 0.1) is 21.2 Å². The molecule has 1 aromatic heterocycles. The number of amides is 2. The minimum atomic E-state index is -4.72. The number of halogens is 5. The molecule has 0 saturated carbocycles. The van der Waals surface area contributed by atoms with E-state index in [1.54, 1.807) is 12.1 Å². The average Bonchev–Trinajstić information content (AvgIpc) is 3.27. The van der Waals surface area contributed by atoms with Crippen LogP contribution in [0.15, 0.2) is 68.4 Å². The van der Waals surface area contributed by atoms with E-state index in [9.17, 15) is 22.8 Å². The summed E-state index contributed by atoms with van der Waals surface area (Å²) in [6, 6.07) is 13.6. The number of rotatable bonds is 3. The molecule has 0 radical (unpaired) electrons. The highest BCUT2D eigenvalue weighted by atomic mass is 79.9. The standard InChI is InChI=1S/C21H10BrClF3NO3S/c22-12-3-1-11(2-4-12)17-8-6-14(30-17)10-18-19(28)27(20(29)31-18)13-5-7-16(23)15(9-13)21(24,25)26/h1-10H/b18-10+. The summed E-state index contributed by atoms with van der Waals surface area (Å²) in [6.07, 6.45) is -3.34. The van der Waals surface area contributed by atoms with Crippen molar-refractivity contribution in [3.8, 4) is 11.3 Å². The van der Waals surface area contributed by atoms with Crippen molar-refractivity contribution in [2.45, 2.75) is 6.18 Å². The number of imide groups is 1. The first-order valence-electron chi connectivity index (χ1n) is 8.64. The van der Waals surface area contributed by atoms with Crippen molar-refractivity contribution < 1.29 is 27.2 Å². The van der Waals surface area contributed by atoms with Crippen molar-refractivity contribution >= 4 is 62.2 Å². The van der Waals surface area contributed by atoms with Crippen LogP contribution in [0.25, 0.3) is 17.4 Å². The van der Waals surface area contributed by atoms with E-state index in [0.29, 0.717) is 34.2 Å². The van der Waals surface area contributed by atoms with Crippen molar-refractivity contribution in [3.63, 3.8) is 0 Å². The predicted octanol–water partition coefficient (Wildman–Crippen LogP) is 7.62. The molecular weight excluding hydrogens is 519 g/mol. The van der Waals surface area contributed by atoms with Gasteiger partial charge in [-0.3, -0.25) is 9.59 Å². The Labute approximate surface area is 191 Å². The second-order valence-electron chi connectivity index (χ2n) is 6.39. The van der Waals surface area contributed by atoms with E-state index < -0.39 is 27.9 Å². The van der Waals surface area contributed by atoms with Crippen molar-refractivity contribution in [3.05, 3.63) is 80.3 Å². The lowest BCUT2D eigenvalue weighted by atomic mass is 10.1. The molecule has 0 spiro atoms. The maximum Gasteiger partial charge on any atom is 0.417 e. The molecule has 1 aliphatic rings. The van der Waals surface area contributed by atoms with Crippen LogP contribution in [-0.2, 0) is 11.0 Å². The van der Waals surface area contributed by atoms with Crippen LogP contribution in [0, 0.1) is 0 Å². The maximum absolute atomic E-state index is 13.1. The second kappa shape index (κ2) is 8.22. The van der Waals surface area contributed by atoms with Gasteiger partial charge in [0.25, 0.3) is 11.1 Å². The normalized spacial score (nSPS) is 15.9. The molecule has 2 amide bonds. The number of carbonyl (C=O) groups excluding carboxylic acids is 2. The van der Waals surface area contributed by atoms with Crippen molar-refractivity contribution in [2.75, 3.05) is 4.90 Å². The quantitative estimate of drug-likeness (QED) is 0.328. The van der Waals surface area contributed by atoms with Gasteiger partial charge in [-0.2, -0.15) is 13.2 Å². The third-order valence-electron chi connectivity index (χ3n) is 4.34. The van der Waals surface area contributed by atoms with Gasteiger partial charge in [0.1, 0.15) is 11.5 Å². The molecule has 4 nitrogen and oxygen atoms in total. The molecule has 1 aliphatic heterocycles. The second-order valence-corrected chi connectivity index (χ2v) is 8.70. The molecule has 1 saturated heterocycles. The van der Waals surface area contributed by atoms with Crippen LogP contribution in [0.4, 0.5) is 23.7 Å². The number of furan rings is 1. The van der Waals surface area contributed by atoms with Crippen molar-refractivity contribution in [1.82, 2.24) is 0 Å². The van der Waals surface area contributed by atoms with Gasteiger partial charge in [-0.05, 0) is 54.2 Å². The lowest BCUT2D eigenvalue weighted by Crippen LogP contribution is -2.28. The third kappa shape index (κ3) is 4.44. The molecule has 3 aromatic rings. The van der Waals surface area contributed by atoms with E-state index in [0.717, 1.165) is 16.1 Å². The van der Waals surface area contributed by atoms with Crippen LogP contribution in [0.2, 0.25) is 5.02 Å². The Balaban J connectivity index is 1.62. The van der Waals surface area contributed by atoms with Gasteiger partial charge < -0.3 is 4.42 Å². The molecule has 2 heterocycles. The fourth-order valence-corrected chi connectivity index (χ4v) is 4.20. The number of alkyl halides is 3. The SMILES string of the molecule is O=C1S/C(=C/c2ccc(-c3ccc(Br)cc3)o2)C(=O)N1c1ccc(Cl)c(C(F)(F)F)c1. The van der Waals surface area contributed by atoms with Crippen molar-refractivity contribution in [1.29, 1.82) is 0 Å². The Morgan fingerprint density at radius 2 is 1.74 bits per heavy atom. The van der Waals surface area contributed by atoms with E-state index in [1.165, 1.54) is 12.1 Å². The molecule has 0 bridgehead atoms. The number of benzene rings is 2. The highest BCUT2D eigenvalue weighted by molar-refractivity contribution is 9.10. The number of anilines is 1. The number of hydrogen-bond acceptors (Lipinski definition) is 4. The van der Waals surface area contributed by atoms with Crippen LogP contribution in [0.3, 0.4) is 0 Å². The highest BCUT2D eigenvalue weighted by Crippen LogP contribution is 2.41. The van der Waals surface area contributed by atoms with Gasteiger partial charge in [-0.15, -0.1) is 0 Å². The zero-order valence-electron chi connectivity index (χ0n) is 15.2. The van der Waals surface area contributed by atoms with Crippen LogP contribution in [-0.4, -0.2) is 11.1 Å². The number of carbonyl (C=O) groups is 2. The van der Waals surface area contributed by atoms with E-state index in [4.69, 9.17) is 16.0 Å². The number of nitrogens with zero attached hydrogens (tertiary/aromatic N) is 1. The number of hydrogen-bond donors (Lipinski definition) is 0. The summed E-state index contributed by atoms with van der Waals surface area (Å²) < 4.78 is 46.0. The van der Waals surface area contributed by atoms with Gasteiger partial charge >= 0.3 is 6.18 Å². The molecule has 1 fully saturated rings. The highest BCUT2D eigenvalue weighted by Gasteiger charge is 2.39. The predicted molar refractivity (Wildman–Crippen MR) is 117 cm³/mol. The average molecular weight is 529 g/mol. The Kier molecular flexibility index (Phi) is 5.76. The van der Waals surface area contributed by atoms with Crippen LogP contribution in [0.5, 0.6) is 0 Å². The largest absolute Gasteiger partial charge is 0.457 e. The number of thioether (sulfide) groups is 1. The van der Waals surface area contributed by atoms with Crippen molar-refractivity contribution in [2.24, 2.45) is 0 Å². The smallest absolute Gasteiger partial charge is 0.417 e. The fraction of sp³-hybridized carbons (Fsp3) is 0.0476. The molecule has 0 N–H and O–H groups in total. The monoisotopic (exact) mass is 527 g/mol. The molecule has 31 heavy (non-hydrogen) atoms. The molecule has 158 valence electrons. The topological polar surface area (TPSA) is 50.5 Å². The van der Waals surface area contributed by atoms with E-state index >= 15 is 0 Å². The molecule has 10 heteroatoms. The fourth-order valence-electron chi connectivity index (χ4n) is 2.89. The summed E-state index contributed by atoms with van der Waals surface area (Å²) in [4.78, 5) is 25.8. The van der Waals surface area contributed by atoms with E-state index in [2.05, 4.69) is 15.9 Å². The lowest BCUT2D eigenvalue weighted by molar-refractivity contribution is -0.137. The first-order valence-corrected chi connectivity index (χ1v) is 10.6. The summed E-state index contributed by atoms with van der Waals surface area (Å²) in [5.41, 5.74) is -0.519. The van der Waals surface area contributed by atoms with Gasteiger partial charge in [0.2, 0.25) is 0 Å². The Hall–Kier alpha value is -2.49. The summed E-state index contributed by atoms with van der Waals surface area (Å²) in [5, 5.41) is -1.23. The first-order chi connectivity index (χ1) is 14.6. The Morgan fingerprint density at radius 1 is 1.03 bits per heavy atom. The summed E-state index contributed by atoms with van der Waals surface area (Å²) in [5.74, 6) is 0.146. The molecular formula is C21H10BrClF3NO3S. The molecule has 0 atom stereocenters. The third-order valence-corrected chi connectivity index (χ3v) is 6.06. The van der Waals surface area contributed by atoms with E-state index in [-0.39, 0.29) is 10.6 Å². The van der Waals surface area contributed by atoms with Gasteiger partial charge in [0, 0.05) is 16.1 Å². The minimum Gasteiger partial charge on any atom is -0.457 e. The summed E-state index contributed by atoms with van der Waals surface area (Å²) in [6.45, 7) is 0. The summed E-state index contributed by atoms with van der Waals surface area (Å²) in [7, 11) is 0. The maximum atomic E-state index is 13.1. The molecule has 0 unspecified atom stereocenters. The first kappa shape index (κ1) is 21.7. The Morgan fingerprint density at radius 3 is 2.42 bits per heavy atom. The van der Waals surface area contributed by atoms with Crippen LogP contribution >= 0.6 is 39.3 Å².